The van der Waals surface area contributed by atoms with Crippen molar-refractivity contribution in [2.75, 3.05) is 0 Å². The van der Waals surface area contributed by atoms with Crippen LogP contribution in [0, 0.1) is 11.8 Å². The van der Waals surface area contributed by atoms with E-state index in [0.29, 0.717) is 17.6 Å². The highest BCUT2D eigenvalue weighted by Crippen LogP contribution is 2.40. The van der Waals surface area contributed by atoms with Crippen molar-refractivity contribution in [3.63, 3.8) is 0 Å². The van der Waals surface area contributed by atoms with E-state index in [1.807, 2.05) is 0 Å². The van der Waals surface area contributed by atoms with Gasteiger partial charge < -0.3 is 0 Å². The molecule has 0 saturated heterocycles. The van der Waals surface area contributed by atoms with Gasteiger partial charge in [-0.2, -0.15) is 0 Å². The third kappa shape index (κ3) is 1.56. The normalized spacial score (nSPS) is 34.8. The van der Waals surface area contributed by atoms with Gasteiger partial charge in [-0.3, -0.25) is 4.79 Å². The van der Waals surface area contributed by atoms with Gasteiger partial charge in [0.2, 0.25) is 0 Å². The van der Waals surface area contributed by atoms with E-state index in [0.717, 1.165) is 19.3 Å². The van der Waals surface area contributed by atoms with E-state index in [1.54, 1.807) is 0 Å². The molecule has 0 aromatic rings. The molecule has 0 N–H and O–H groups in total. The molecule has 0 amide bonds. The summed E-state index contributed by atoms with van der Waals surface area (Å²) >= 11 is 0. The average molecular weight is 178 g/mol. The predicted octanol–water partition coefficient (Wildman–Crippen LogP) is 3.10. The fourth-order valence-corrected chi connectivity index (χ4v) is 2.78. The largest absolute Gasteiger partial charge is 0.299 e. The van der Waals surface area contributed by atoms with Gasteiger partial charge in [0, 0.05) is 12.3 Å². The van der Waals surface area contributed by atoms with E-state index in [9.17, 15) is 4.79 Å². The molecule has 2 aliphatic rings. The summed E-state index contributed by atoms with van der Waals surface area (Å²) in [6.07, 6.45) is 5.48. The Hall–Kier alpha value is -0.590. The lowest BCUT2D eigenvalue weighted by Gasteiger charge is -2.35. The van der Waals surface area contributed by atoms with Crippen LogP contribution in [0.5, 0.6) is 0 Å². The summed E-state index contributed by atoms with van der Waals surface area (Å²) in [5.74, 6) is 1.60. The van der Waals surface area contributed by atoms with Crippen LogP contribution < -0.4 is 0 Å². The van der Waals surface area contributed by atoms with E-state index in [4.69, 9.17) is 0 Å². The van der Waals surface area contributed by atoms with Gasteiger partial charge in [0.15, 0.2) is 0 Å². The standard InChI is InChI=1S/C12H18O/c1-8-6-10-4-3-5-12(13)11(10)7-9(8)2/h10-11H,3-7H2,1-2H3/t10-,11-/m1/s1. The molecule has 0 unspecified atom stereocenters. The van der Waals surface area contributed by atoms with E-state index in [-0.39, 0.29) is 0 Å². The Labute approximate surface area is 80.2 Å². The van der Waals surface area contributed by atoms with Crippen LogP contribution in [-0.4, -0.2) is 5.78 Å². The number of hydrogen-bond donors (Lipinski definition) is 0. The maximum absolute atomic E-state index is 11.7. The fraction of sp³-hybridized carbons (Fsp3) is 0.750. The zero-order valence-electron chi connectivity index (χ0n) is 8.60. The lowest BCUT2D eigenvalue weighted by molar-refractivity contribution is -0.126. The summed E-state index contributed by atoms with van der Waals surface area (Å²) in [6.45, 7) is 4.41. The van der Waals surface area contributed by atoms with Crippen molar-refractivity contribution in [3.05, 3.63) is 11.1 Å². The predicted molar refractivity (Wildman–Crippen MR) is 53.4 cm³/mol. The van der Waals surface area contributed by atoms with E-state index in [1.165, 1.54) is 24.0 Å². The molecular weight excluding hydrogens is 160 g/mol. The number of allylic oxidation sites excluding steroid dienone is 2. The molecule has 0 spiro atoms. The first kappa shape index (κ1) is 8.98. The van der Waals surface area contributed by atoms with Crippen molar-refractivity contribution in [2.45, 2.75) is 46.0 Å². The average Bonchev–Trinajstić information content (AvgIpc) is 2.09. The summed E-state index contributed by atoms with van der Waals surface area (Å²) in [6, 6.07) is 0. The number of ketones is 1. The molecule has 2 rings (SSSR count). The summed E-state index contributed by atoms with van der Waals surface area (Å²) in [5.41, 5.74) is 3.01. The quantitative estimate of drug-likeness (QED) is 0.521. The molecule has 1 nitrogen and oxygen atoms in total. The van der Waals surface area contributed by atoms with Crippen LogP contribution in [0.25, 0.3) is 0 Å². The van der Waals surface area contributed by atoms with Gasteiger partial charge in [0.1, 0.15) is 5.78 Å². The Morgan fingerprint density at radius 1 is 1.15 bits per heavy atom. The Kier molecular flexibility index (Phi) is 2.27. The van der Waals surface area contributed by atoms with Crippen LogP contribution in [0.1, 0.15) is 46.0 Å². The second kappa shape index (κ2) is 3.28. The van der Waals surface area contributed by atoms with Crippen molar-refractivity contribution in [1.82, 2.24) is 0 Å². The number of rotatable bonds is 0. The molecule has 0 aromatic heterocycles. The topological polar surface area (TPSA) is 17.1 Å². The van der Waals surface area contributed by atoms with Crippen LogP contribution in [-0.2, 0) is 4.79 Å². The van der Waals surface area contributed by atoms with Gasteiger partial charge in [-0.25, -0.2) is 0 Å². The Bertz CT molecular complexity index is 262. The monoisotopic (exact) mass is 178 g/mol. The second-order valence-electron chi connectivity index (χ2n) is 4.69. The first-order valence-corrected chi connectivity index (χ1v) is 5.36. The van der Waals surface area contributed by atoms with Crippen LogP contribution in [0.3, 0.4) is 0 Å². The number of carbonyl (C=O) groups is 1. The molecule has 1 saturated carbocycles. The number of fused-ring (bicyclic) bond motifs is 1. The number of hydrogen-bond acceptors (Lipinski definition) is 1. The maximum atomic E-state index is 11.7. The summed E-state index contributed by atoms with van der Waals surface area (Å²) < 4.78 is 0. The molecule has 0 bridgehead atoms. The van der Waals surface area contributed by atoms with Crippen LogP contribution in [0.15, 0.2) is 11.1 Å². The molecule has 13 heavy (non-hydrogen) atoms. The lowest BCUT2D eigenvalue weighted by atomic mass is 9.69. The Balaban J connectivity index is 2.20. The molecule has 1 fully saturated rings. The molecule has 0 radical (unpaired) electrons. The number of carbonyl (C=O) groups excluding carboxylic acids is 1. The minimum absolute atomic E-state index is 0.387. The van der Waals surface area contributed by atoms with Crippen molar-refractivity contribution in [2.24, 2.45) is 11.8 Å². The van der Waals surface area contributed by atoms with Gasteiger partial charge in [0.05, 0.1) is 0 Å². The minimum atomic E-state index is 0.387. The number of Topliss-reactive ketones (excluding diaryl/α,β-unsaturated/α-hetero) is 1. The van der Waals surface area contributed by atoms with Crippen LogP contribution >= 0.6 is 0 Å². The SMILES string of the molecule is CC1=C(C)C[C@H]2C(=O)CCC[C@@H]2C1. The van der Waals surface area contributed by atoms with Gasteiger partial charge in [-0.05, 0) is 45.4 Å². The maximum Gasteiger partial charge on any atom is 0.136 e. The van der Waals surface area contributed by atoms with Crippen molar-refractivity contribution in [1.29, 1.82) is 0 Å². The van der Waals surface area contributed by atoms with Gasteiger partial charge in [-0.1, -0.05) is 11.1 Å². The van der Waals surface area contributed by atoms with Crippen molar-refractivity contribution in [3.8, 4) is 0 Å². The molecule has 2 aliphatic carbocycles. The molecule has 72 valence electrons. The van der Waals surface area contributed by atoms with Crippen molar-refractivity contribution >= 4 is 5.78 Å². The third-order valence-electron chi connectivity index (χ3n) is 3.80. The van der Waals surface area contributed by atoms with Crippen LogP contribution in [0.2, 0.25) is 0 Å². The van der Waals surface area contributed by atoms with Crippen molar-refractivity contribution < 1.29 is 4.79 Å². The molecule has 2 atom stereocenters. The van der Waals surface area contributed by atoms with Crippen LogP contribution in [0.4, 0.5) is 0 Å². The fourth-order valence-electron chi connectivity index (χ4n) is 2.78. The smallest absolute Gasteiger partial charge is 0.136 e. The molecular formula is C12H18O. The highest BCUT2D eigenvalue weighted by molar-refractivity contribution is 5.82. The molecule has 0 aliphatic heterocycles. The zero-order chi connectivity index (χ0) is 9.42. The highest BCUT2D eigenvalue weighted by Gasteiger charge is 2.34. The minimum Gasteiger partial charge on any atom is -0.299 e. The first-order chi connectivity index (χ1) is 6.18. The van der Waals surface area contributed by atoms with Gasteiger partial charge in [0.25, 0.3) is 0 Å². The van der Waals surface area contributed by atoms with Gasteiger partial charge in [-0.15, -0.1) is 0 Å². The Morgan fingerprint density at radius 2 is 1.85 bits per heavy atom. The second-order valence-corrected chi connectivity index (χ2v) is 4.69. The molecule has 0 heterocycles. The third-order valence-corrected chi connectivity index (χ3v) is 3.80. The van der Waals surface area contributed by atoms with E-state index < -0.39 is 0 Å². The summed E-state index contributed by atoms with van der Waals surface area (Å²) in [7, 11) is 0. The molecule has 1 heteroatoms. The first-order valence-electron chi connectivity index (χ1n) is 5.36. The summed E-state index contributed by atoms with van der Waals surface area (Å²) in [5, 5.41) is 0. The Morgan fingerprint density at radius 3 is 2.62 bits per heavy atom. The zero-order valence-corrected chi connectivity index (χ0v) is 8.60. The van der Waals surface area contributed by atoms with Gasteiger partial charge >= 0.3 is 0 Å². The lowest BCUT2D eigenvalue weighted by Crippen LogP contribution is -2.31. The molecule has 0 aromatic carbocycles. The summed E-state index contributed by atoms with van der Waals surface area (Å²) in [4.78, 5) is 11.7. The van der Waals surface area contributed by atoms with E-state index in [2.05, 4.69) is 13.8 Å². The highest BCUT2D eigenvalue weighted by atomic mass is 16.1. The van der Waals surface area contributed by atoms with E-state index >= 15 is 0 Å².